The van der Waals surface area contributed by atoms with Gasteiger partial charge in [0, 0.05) is 12.0 Å². The maximum atomic E-state index is 13.6. The molecule has 0 aromatic heterocycles. The molecule has 11 heteroatoms. The summed E-state index contributed by atoms with van der Waals surface area (Å²) in [4.78, 5) is 76.7. The Morgan fingerprint density at radius 1 is 1.06 bits per heavy atom. The van der Waals surface area contributed by atoms with E-state index in [1.807, 2.05) is 0 Å². The highest BCUT2D eigenvalue weighted by Gasteiger charge is 2.37. The van der Waals surface area contributed by atoms with Crippen LogP contribution in [0, 0.1) is 0 Å². The first-order valence-corrected chi connectivity index (χ1v) is 11.3. The van der Waals surface area contributed by atoms with Gasteiger partial charge in [-0.25, -0.2) is 0 Å². The first kappa shape index (κ1) is 26.1. The normalized spacial score (nSPS) is 15.8. The van der Waals surface area contributed by atoms with Crippen molar-refractivity contribution in [3.63, 3.8) is 0 Å². The molecule has 0 fully saturated rings. The number of hydrogen-bond donors (Lipinski definition) is 3. The van der Waals surface area contributed by atoms with Crippen LogP contribution in [0.3, 0.4) is 0 Å². The third-order valence-corrected chi connectivity index (χ3v) is 5.54. The van der Waals surface area contributed by atoms with E-state index in [-0.39, 0.29) is 24.6 Å². The number of benzene rings is 2. The molecule has 0 bridgehead atoms. The van der Waals surface area contributed by atoms with Crippen molar-refractivity contribution in [3.05, 3.63) is 60.2 Å². The topological polar surface area (TPSA) is 153 Å². The summed E-state index contributed by atoms with van der Waals surface area (Å²) in [6.45, 7) is 0.948. The average molecular weight is 495 g/mol. The van der Waals surface area contributed by atoms with E-state index in [1.54, 1.807) is 61.5 Å². The second-order valence-corrected chi connectivity index (χ2v) is 8.07. The molecule has 1 aliphatic rings. The number of fused-ring (bicyclic) bond motifs is 1. The second kappa shape index (κ2) is 11.7. The van der Waals surface area contributed by atoms with E-state index in [4.69, 9.17) is 5.11 Å². The van der Waals surface area contributed by atoms with Gasteiger partial charge in [0.25, 0.3) is 11.8 Å². The van der Waals surface area contributed by atoms with E-state index < -0.39 is 48.7 Å². The SMILES string of the molecule is CCC(=O)N1CC(NC(=O)c2ccccc2)C(=O)N(CC(=O)NC(C=O)CC(=O)O)c2ccccc21. The maximum Gasteiger partial charge on any atom is 0.305 e. The van der Waals surface area contributed by atoms with Crippen LogP contribution in [-0.4, -0.2) is 66.2 Å². The molecule has 1 aliphatic heterocycles. The zero-order valence-electron chi connectivity index (χ0n) is 19.5. The number of anilines is 2. The van der Waals surface area contributed by atoms with Crippen molar-refractivity contribution in [1.82, 2.24) is 10.6 Å². The number of carbonyl (C=O) groups is 6. The Bertz CT molecular complexity index is 1170. The number of amides is 4. The summed E-state index contributed by atoms with van der Waals surface area (Å²) in [5, 5.41) is 13.9. The van der Waals surface area contributed by atoms with Gasteiger partial charge in [-0.05, 0) is 24.3 Å². The fourth-order valence-corrected chi connectivity index (χ4v) is 3.83. The van der Waals surface area contributed by atoms with Gasteiger partial charge in [-0.3, -0.25) is 28.9 Å². The number of hydrogen-bond acceptors (Lipinski definition) is 6. The average Bonchev–Trinajstić information content (AvgIpc) is 2.98. The molecular formula is C25H26N4O7. The van der Waals surface area contributed by atoms with Crippen molar-refractivity contribution in [2.24, 2.45) is 0 Å². The van der Waals surface area contributed by atoms with Crippen molar-refractivity contribution in [2.75, 3.05) is 22.9 Å². The Morgan fingerprint density at radius 2 is 1.69 bits per heavy atom. The molecule has 11 nitrogen and oxygen atoms in total. The third kappa shape index (κ3) is 6.12. The van der Waals surface area contributed by atoms with Gasteiger partial charge in [0.1, 0.15) is 18.9 Å². The van der Waals surface area contributed by atoms with Crippen LogP contribution in [0.4, 0.5) is 11.4 Å². The van der Waals surface area contributed by atoms with Crippen LogP contribution < -0.4 is 20.4 Å². The van der Waals surface area contributed by atoms with Gasteiger partial charge in [0.05, 0.1) is 30.4 Å². The van der Waals surface area contributed by atoms with Crippen LogP contribution in [0.2, 0.25) is 0 Å². The smallest absolute Gasteiger partial charge is 0.305 e. The van der Waals surface area contributed by atoms with Gasteiger partial charge in [-0.1, -0.05) is 37.3 Å². The van der Waals surface area contributed by atoms with Crippen LogP contribution in [0.15, 0.2) is 54.6 Å². The molecule has 1 heterocycles. The van der Waals surface area contributed by atoms with Crippen LogP contribution in [-0.2, 0) is 24.0 Å². The first-order chi connectivity index (χ1) is 17.2. The summed E-state index contributed by atoms with van der Waals surface area (Å²) >= 11 is 0. The second-order valence-electron chi connectivity index (χ2n) is 8.07. The number of para-hydroxylation sites is 2. The first-order valence-electron chi connectivity index (χ1n) is 11.3. The summed E-state index contributed by atoms with van der Waals surface area (Å²) in [7, 11) is 0. The molecular weight excluding hydrogens is 468 g/mol. The molecule has 0 saturated heterocycles. The number of carboxylic acids is 1. The predicted octanol–water partition coefficient (Wildman–Crippen LogP) is 0.733. The van der Waals surface area contributed by atoms with Crippen molar-refractivity contribution >= 4 is 47.3 Å². The van der Waals surface area contributed by atoms with Gasteiger partial charge < -0.3 is 25.4 Å². The lowest BCUT2D eigenvalue weighted by Crippen LogP contribution is -2.54. The Balaban J connectivity index is 1.96. The lowest BCUT2D eigenvalue weighted by Gasteiger charge is -2.25. The molecule has 2 unspecified atom stereocenters. The molecule has 36 heavy (non-hydrogen) atoms. The fourth-order valence-electron chi connectivity index (χ4n) is 3.83. The Morgan fingerprint density at radius 3 is 2.31 bits per heavy atom. The quantitative estimate of drug-likeness (QED) is 0.435. The summed E-state index contributed by atoms with van der Waals surface area (Å²) in [5.41, 5.74) is 0.948. The molecule has 0 spiro atoms. The molecule has 2 aromatic carbocycles. The largest absolute Gasteiger partial charge is 0.481 e. The minimum Gasteiger partial charge on any atom is -0.481 e. The van der Waals surface area contributed by atoms with Crippen LogP contribution in [0.25, 0.3) is 0 Å². The number of aldehydes is 1. The van der Waals surface area contributed by atoms with Gasteiger partial charge in [-0.15, -0.1) is 0 Å². The van der Waals surface area contributed by atoms with E-state index in [0.717, 1.165) is 4.90 Å². The number of nitrogens with zero attached hydrogens (tertiary/aromatic N) is 2. The highest BCUT2D eigenvalue weighted by molar-refractivity contribution is 6.11. The summed E-state index contributed by atoms with van der Waals surface area (Å²) in [6, 6.07) is 12.3. The summed E-state index contributed by atoms with van der Waals surface area (Å²) in [6.07, 6.45) is -0.179. The van der Waals surface area contributed by atoms with Crippen molar-refractivity contribution in [2.45, 2.75) is 31.8 Å². The zero-order valence-corrected chi connectivity index (χ0v) is 19.5. The molecule has 2 aromatic rings. The number of carboxylic acid groups (broad SMARTS) is 1. The van der Waals surface area contributed by atoms with E-state index >= 15 is 0 Å². The van der Waals surface area contributed by atoms with Crippen molar-refractivity contribution < 1.29 is 33.9 Å². The van der Waals surface area contributed by atoms with E-state index in [1.165, 1.54) is 4.90 Å². The van der Waals surface area contributed by atoms with Gasteiger partial charge in [0.15, 0.2) is 0 Å². The minimum atomic E-state index is -1.28. The Labute approximate surface area is 207 Å². The fraction of sp³-hybridized carbons (Fsp3) is 0.280. The van der Waals surface area contributed by atoms with Gasteiger partial charge in [0.2, 0.25) is 11.8 Å². The van der Waals surface area contributed by atoms with Gasteiger partial charge in [-0.2, -0.15) is 0 Å². The standard InChI is InChI=1S/C25H26N4O7/c1-2-22(32)28-13-18(27-24(35)16-8-4-3-5-9-16)25(36)29(20-11-7-6-10-19(20)28)14-21(31)26-17(15-30)12-23(33)34/h3-11,15,17-18H,2,12-14H2,1H3,(H,26,31)(H,27,35)(H,33,34). The van der Waals surface area contributed by atoms with Crippen LogP contribution in [0.1, 0.15) is 30.1 Å². The zero-order chi connectivity index (χ0) is 26.2. The Hall–Kier alpha value is -4.54. The predicted molar refractivity (Wildman–Crippen MR) is 129 cm³/mol. The van der Waals surface area contributed by atoms with Crippen molar-refractivity contribution in [3.8, 4) is 0 Å². The van der Waals surface area contributed by atoms with Gasteiger partial charge >= 0.3 is 5.97 Å². The highest BCUT2D eigenvalue weighted by Crippen LogP contribution is 2.33. The monoisotopic (exact) mass is 494 g/mol. The number of aliphatic carboxylic acids is 1. The van der Waals surface area contributed by atoms with Crippen LogP contribution >= 0.6 is 0 Å². The highest BCUT2D eigenvalue weighted by atomic mass is 16.4. The van der Waals surface area contributed by atoms with Crippen molar-refractivity contribution in [1.29, 1.82) is 0 Å². The summed E-state index contributed by atoms with van der Waals surface area (Å²) in [5.74, 6) is -3.52. The molecule has 3 N–H and O–H groups in total. The van der Waals surface area contributed by atoms with E-state index in [2.05, 4.69) is 10.6 Å². The molecule has 3 rings (SSSR count). The number of rotatable bonds is 9. The number of carbonyl (C=O) groups excluding carboxylic acids is 5. The number of nitrogens with one attached hydrogen (secondary N) is 2. The third-order valence-electron chi connectivity index (χ3n) is 5.54. The van der Waals surface area contributed by atoms with E-state index in [9.17, 15) is 28.8 Å². The van der Waals surface area contributed by atoms with Crippen LogP contribution in [0.5, 0.6) is 0 Å². The molecule has 188 valence electrons. The molecule has 0 saturated carbocycles. The van der Waals surface area contributed by atoms with E-state index in [0.29, 0.717) is 17.5 Å². The lowest BCUT2D eigenvalue weighted by atomic mass is 10.1. The molecule has 0 aliphatic carbocycles. The molecule has 2 atom stereocenters. The summed E-state index contributed by atoms with van der Waals surface area (Å²) < 4.78 is 0. The maximum absolute atomic E-state index is 13.6. The molecule has 0 radical (unpaired) electrons. The Kier molecular flexibility index (Phi) is 8.50. The molecule has 4 amide bonds. The lowest BCUT2D eigenvalue weighted by molar-refractivity contribution is -0.139. The minimum absolute atomic E-state index is 0.137.